The maximum Gasteiger partial charge on any atom is 0.337 e. The quantitative estimate of drug-likeness (QED) is 0.759. The van der Waals surface area contributed by atoms with Crippen LogP contribution in [0.2, 0.25) is 0 Å². The Morgan fingerprint density at radius 1 is 1.73 bits per heavy atom. The molecule has 0 radical (unpaired) electrons. The lowest BCUT2D eigenvalue weighted by atomic mass is 10.1. The Hall–Kier alpha value is -2.02. The molecule has 0 atom stereocenters. The van der Waals surface area contributed by atoms with Crippen molar-refractivity contribution in [1.82, 2.24) is 4.90 Å². The Morgan fingerprint density at radius 2 is 2.40 bits per heavy atom. The fourth-order valence-corrected chi connectivity index (χ4v) is 1.33. The first-order chi connectivity index (χ1) is 7.10. The molecule has 0 bridgehead atoms. The van der Waals surface area contributed by atoms with Gasteiger partial charge in [-0.1, -0.05) is 13.5 Å². The highest BCUT2D eigenvalue weighted by molar-refractivity contribution is 5.91. The maximum absolute atomic E-state index is 10.8. The van der Waals surface area contributed by atoms with Crippen molar-refractivity contribution in [3.05, 3.63) is 35.7 Å². The van der Waals surface area contributed by atoms with Crippen LogP contribution in [0.3, 0.4) is 0 Å². The summed E-state index contributed by atoms with van der Waals surface area (Å²) < 4.78 is 0. The average Bonchev–Trinajstić information content (AvgIpc) is 2.21. The standard InChI is InChI=1S/C11H12N2O2/c1-3-4-13-7-10(11(14)15)5-9(6-12)8(13)2/h5,7H,2-4H2,1H3,(H,14,15). The molecular formula is C11H12N2O2. The van der Waals surface area contributed by atoms with Crippen molar-refractivity contribution in [3.63, 3.8) is 0 Å². The number of rotatable bonds is 3. The summed E-state index contributed by atoms with van der Waals surface area (Å²) in [7, 11) is 0. The summed E-state index contributed by atoms with van der Waals surface area (Å²) in [5.41, 5.74) is 0.986. The first-order valence-electron chi connectivity index (χ1n) is 4.63. The van der Waals surface area contributed by atoms with Crippen LogP contribution in [-0.2, 0) is 4.79 Å². The molecule has 4 heteroatoms. The van der Waals surface area contributed by atoms with Crippen LogP contribution in [0.15, 0.2) is 35.7 Å². The Morgan fingerprint density at radius 3 is 2.87 bits per heavy atom. The Bertz CT molecular complexity index is 399. The van der Waals surface area contributed by atoms with Crippen molar-refractivity contribution >= 4 is 5.97 Å². The van der Waals surface area contributed by atoms with Gasteiger partial charge in [-0.3, -0.25) is 0 Å². The molecule has 0 aliphatic carbocycles. The molecule has 78 valence electrons. The Kier molecular flexibility index (Phi) is 3.29. The van der Waals surface area contributed by atoms with Crippen molar-refractivity contribution in [2.45, 2.75) is 13.3 Å². The van der Waals surface area contributed by atoms with Crippen molar-refractivity contribution in [2.75, 3.05) is 6.54 Å². The van der Waals surface area contributed by atoms with Crippen LogP contribution in [0.1, 0.15) is 13.3 Å². The van der Waals surface area contributed by atoms with Crippen LogP contribution in [0.4, 0.5) is 0 Å². The van der Waals surface area contributed by atoms with Crippen LogP contribution in [0, 0.1) is 11.3 Å². The van der Waals surface area contributed by atoms with E-state index in [0.717, 1.165) is 6.42 Å². The van der Waals surface area contributed by atoms with E-state index < -0.39 is 5.97 Å². The van der Waals surface area contributed by atoms with Gasteiger partial charge in [0.25, 0.3) is 0 Å². The number of carboxylic acids is 1. The third kappa shape index (κ3) is 2.26. The van der Waals surface area contributed by atoms with Gasteiger partial charge in [-0.05, 0) is 12.5 Å². The minimum absolute atomic E-state index is 0.118. The van der Waals surface area contributed by atoms with Gasteiger partial charge in [0, 0.05) is 12.7 Å². The summed E-state index contributed by atoms with van der Waals surface area (Å²) in [5.74, 6) is -1.03. The van der Waals surface area contributed by atoms with Gasteiger partial charge in [0.1, 0.15) is 6.07 Å². The third-order valence-corrected chi connectivity index (χ3v) is 2.08. The van der Waals surface area contributed by atoms with E-state index in [9.17, 15) is 4.79 Å². The molecule has 1 aliphatic rings. The number of nitrogens with zero attached hydrogens (tertiary/aromatic N) is 2. The molecule has 1 aliphatic heterocycles. The number of carbonyl (C=O) groups is 1. The monoisotopic (exact) mass is 204 g/mol. The third-order valence-electron chi connectivity index (χ3n) is 2.08. The second kappa shape index (κ2) is 4.47. The average molecular weight is 204 g/mol. The molecule has 4 nitrogen and oxygen atoms in total. The molecule has 0 saturated carbocycles. The second-order valence-corrected chi connectivity index (χ2v) is 3.20. The van der Waals surface area contributed by atoms with E-state index >= 15 is 0 Å². The van der Waals surface area contributed by atoms with Gasteiger partial charge in [0.05, 0.1) is 16.8 Å². The van der Waals surface area contributed by atoms with Crippen molar-refractivity contribution < 1.29 is 9.90 Å². The molecule has 0 amide bonds. The normalized spacial score (nSPS) is 15.5. The van der Waals surface area contributed by atoms with Crippen LogP contribution >= 0.6 is 0 Å². The fraction of sp³-hybridized carbons (Fsp3) is 0.273. The molecule has 15 heavy (non-hydrogen) atoms. The van der Waals surface area contributed by atoms with Gasteiger partial charge >= 0.3 is 5.97 Å². The Balaban J connectivity index is 3.06. The zero-order chi connectivity index (χ0) is 11.4. The number of carboxylic acid groups (broad SMARTS) is 1. The van der Waals surface area contributed by atoms with E-state index in [4.69, 9.17) is 10.4 Å². The lowest BCUT2D eigenvalue weighted by Gasteiger charge is -2.25. The van der Waals surface area contributed by atoms with Crippen LogP contribution in [0.5, 0.6) is 0 Å². The van der Waals surface area contributed by atoms with E-state index in [2.05, 4.69) is 6.58 Å². The summed E-state index contributed by atoms with van der Waals surface area (Å²) in [6.45, 7) is 6.40. The molecule has 0 fully saturated rings. The lowest BCUT2D eigenvalue weighted by Crippen LogP contribution is -2.23. The highest BCUT2D eigenvalue weighted by Gasteiger charge is 2.18. The minimum Gasteiger partial charge on any atom is -0.478 e. The highest BCUT2D eigenvalue weighted by Crippen LogP contribution is 2.22. The zero-order valence-corrected chi connectivity index (χ0v) is 8.53. The number of nitriles is 1. The molecule has 0 aromatic rings. The van der Waals surface area contributed by atoms with Gasteiger partial charge in [0.2, 0.25) is 0 Å². The summed E-state index contributed by atoms with van der Waals surface area (Å²) in [6, 6.07) is 1.94. The topological polar surface area (TPSA) is 64.3 Å². The predicted molar refractivity (Wildman–Crippen MR) is 55.6 cm³/mol. The van der Waals surface area contributed by atoms with Crippen molar-refractivity contribution in [3.8, 4) is 6.07 Å². The largest absolute Gasteiger partial charge is 0.478 e. The van der Waals surface area contributed by atoms with E-state index in [1.54, 1.807) is 4.90 Å². The number of aliphatic carboxylic acids is 1. The lowest BCUT2D eigenvalue weighted by molar-refractivity contribution is -0.132. The minimum atomic E-state index is -1.03. The van der Waals surface area contributed by atoms with Crippen molar-refractivity contribution in [1.29, 1.82) is 5.26 Å². The molecule has 0 aromatic heterocycles. The maximum atomic E-state index is 10.8. The number of allylic oxidation sites excluding steroid dienone is 1. The molecule has 0 spiro atoms. The second-order valence-electron chi connectivity index (χ2n) is 3.20. The van der Waals surface area contributed by atoms with Gasteiger partial charge in [0.15, 0.2) is 0 Å². The van der Waals surface area contributed by atoms with E-state index in [-0.39, 0.29) is 5.57 Å². The van der Waals surface area contributed by atoms with E-state index in [0.29, 0.717) is 17.8 Å². The summed E-state index contributed by atoms with van der Waals surface area (Å²) in [5, 5.41) is 17.7. The SMILES string of the molecule is C=C1C(C#N)=CC(C(=O)O)=CN1CCC. The summed E-state index contributed by atoms with van der Waals surface area (Å²) >= 11 is 0. The molecule has 1 N–H and O–H groups in total. The molecule has 0 unspecified atom stereocenters. The van der Waals surface area contributed by atoms with E-state index in [1.165, 1.54) is 12.3 Å². The van der Waals surface area contributed by atoms with Gasteiger partial charge < -0.3 is 10.0 Å². The fourth-order valence-electron chi connectivity index (χ4n) is 1.33. The van der Waals surface area contributed by atoms with Gasteiger partial charge in [-0.25, -0.2) is 4.79 Å². The van der Waals surface area contributed by atoms with Crippen LogP contribution in [-0.4, -0.2) is 22.5 Å². The highest BCUT2D eigenvalue weighted by atomic mass is 16.4. The first-order valence-corrected chi connectivity index (χ1v) is 4.63. The van der Waals surface area contributed by atoms with E-state index in [1.807, 2.05) is 13.0 Å². The molecule has 1 heterocycles. The molecule has 0 aromatic carbocycles. The smallest absolute Gasteiger partial charge is 0.337 e. The van der Waals surface area contributed by atoms with Crippen molar-refractivity contribution in [2.24, 2.45) is 0 Å². The predicted octanol–water partition coefficient (Wildman–Crippen LogP) is 1.64. The molecule has 1 rings (SSSR count). The molecule has 0 saturated heterocycles. The van der Waals surface area contributed by atoms with Crippen LogP contribution in [0.25, 0.3) is 0 Å². The zero-order valence-electron chi connectivity index (χ0n) is 8.53. The first kappa shape index (κ1) is 11.1. The Labute approximate surface area is 88.4 Å². The number of hydrogen-bond acceptors (Lipinski definition) is 3. The molecular weight excluding hydrogens is 192 g/mol. The van der Waals surface area contributed by atoms with Gasteiger partial charge in [-0.15, -0.1) is 0 Å². The van der Waals surface area contributed by atoms with Gasteiger partial charge in [-0.2, -0.15) is 5.26 Å². The summed E-state index contributed by atoms with van der Waals surface area (Å²) in [6.07, 6.45) is 3.72. The number of hydrogen-bond donors (Lipinski definition) is 1. The summed E-state index contributed by atoms with van der Waals surface area (Å²) in [4.78, 5) is 12.5. The van der Waals surface area contributed by atoms with Crippen LogP contribution < -0.4 is 0 Å².